The fraction of sp³-hybridized carbons (Fsp3) is 0.500. The molecule has 8 nitrogen and oxygen atoms in total. The number of rotatable bonds is 5. The maximum absolute atomic E-state index is 12.0. The lowest BCUT2D eigenvalue weighted by Gasteiger charge is -2.29. The average Bonchev–Trinajstić information content (AvgIpc) is 2.26. The van der Waals surface area contributed by atoms with Crippen molar-refractivity contribution in [3.63, 3.8) is 0 Å². The molecule has 3 N–H and O–H groups in total. The van der Waals surface area contributed by atoms with Gasteiger partial charge in [0.15, 0.2) is 6.54 Å². The van der Waals surface area contributed by atoms with E-state index in [1.54, 1.807) is 6.92 Å². The Hall–Kier alpha value is -1.58. The molecule has 1 aromatic rings. The molecule has 1 atom stereocenters. The summed E-state index contributed by atoms with van der Waals surface area (Å²) >= 11 is 0. The molecule has 1 aromatic heterocycles. The van der Waals surface area contributed by atoms with Gasteiger partial charge in [0.25, 0.3) is 15.8 Å². The highest BCUT2D eigenvalue weighted by atomic mass is 32.2. The van der Waals surface area contributed by atoms with Gasteiger partial charge in [0.1, 0.15) is 5.82 Å². The Labute approximate surface area is 111 Å². The van der Waals surface area contributed by atoms with E-state index < -0.39 is 26.4 Å². The standard InChI is InChI=1S/C10H16N4O4S/c1-7-12-5-8(4-11)10(13-7)14(2,6-9(15)16)19(3,17)18/h5H,4,6,11H2,1-3H3/p+1. The second kappa shape index (κ2) is 5.19. The van der Waals surface area contributed by atoms with Crippen molar-refractivity contribution >= 4 is 21.8 Å². The number of aliphatic carboxylic acids is 1. The number of carbonyl (C=O) groups is 1. The van der Waals surface area contributed by atoms with Gasteiger partial charge in [-0.2, -0.15) is 17.3 Å². The predicted molar refractivity (Wildman–Crippen MR) is 69.7 cm³/mol. The van der Waals surface area contributed by atoms with Crippen LogP contribution in [0.1, 0.15) is 11.4 Å². The number of hydrogen-bond acceptors (Lipinski definition) is 6. The fourth-order valence-corrected chi connectivity index (χ4v) is 2.46. The molecule has 0 radical (unpaired) electrons. The van der Waals surface area contributed by atoms with Crippen LogP contribution in [-0.4, -0.2) is 49.3 Å². The number of sulfonamides is 1. The smallest absolute Gasteiger partial charge is 0.361 e. The molecule has 0 bridgehead atoms. The molecule has 1 unspecified atom stereocenters. The van der Waals surface area contributed by atoms with Gasteiger partial charge in [0.2, 0.25) is 0 Å². The second-order valence-electron chi connectivity index (χ2n) is 4.36. The van der Waals surface area contributed by atoms with E-state index in [1.807, 2.05) is 0 Å². The lowest BCUT2D eigenvalue weighted by Crippen LogP contribution is -2.54. The van der Waals surface area contributed by atoms with Crippen LogP contribution < -0.4 is 9.62 Å². The lowest BCUT2D eigenvalue weighted by molar-refractivity contribution is -0.136. The first-order valence-electron chi connectivity index (χ1n) is 5.42. The molecular weight excluding hydrogens is 272 g/mol. The number of aryl methyl sites for hydroxylation is 1. The first-order chi connectivity index (χ1) is 8.61. The van der Waals surface area contributed by atoms with Crippen LogP contribution in [-0.2, 0) is 21.4 Å². The summed E-state index contributed by atoms with van der Waals surface area (Å²) in [5.41, 5.74) is 5.94. The minimum absolute atomic E-state index is 0.0264. The summed E-state index contributed by atoms with van der Waals surface area (Å²) in [7, 11) is -2.47. The average molecular weight is 289 g/mol. The molecule has 0 aliphatic heterocycles. The summed E-state index contributed by atoms with van der Waals surface area (Å²) in [5.74, 6) is -0.794. The van der Waals surface area contributed by atoms with Crippen molar-refractivity contribution in [2.45, 2.75) is 13.5 Å². The fourth-order valence-electron chi connectivity index (χ4n) is 1.64. The third-order valence-electron chi connectivity index (χ3n) is 2.80. The van der Waals surface area contributed by atoms with Crippen LogP contribution in [0.3, 0.4) is 0 Å². The molecule has 0 spiro atoms. The van der Waals surface area contributed by atoms with Crippen LogP contribution in [0.25, 0.3) is 0 Å². The molecule has 0 aromatic carbocycles. The number of quaternary nitrogens is 1. The van der Waals surface area contributed by atoms with Crippen LogP contribution in [0.15, 0.2) is 6.20 Å². The Morgan fingerprint density at radius 3 is 2.53 bits per heavy atom. The zero-order chi connectivity index (χ0) is 14.8. The lowest BCUT2D eigenvalue weighted by atomic mass is 10.3. The number of nitrogens with two attached hydrogens (primary N) is 1. The van der Waals surface area contributed by atoms with Crippen LogP contribution in [0, 0.1) is 6.92 Å². The largest absolute Gasteiger partial charge is 0.477 e. The predicted octanol–water partition coefficient (Wildman–Crippen LogP) is -0.775. The van der Waals surface area contributed by atoms with E-state index in [-0.39, 0.29) is 12.4 Å². The van der Waals surface area contributed by atoms with Gasteiger partial charge in [-0.25, -0.2) is 9.78 Å². The van der Waals surface area contributed by atoms with Crippen molar-refractivity contribution in [3.05, 3.63) is 17.6 Å². The van der Waals surface area contributed by atoms with E-state index in [4.69, 9.17) is 10.8 Å². The van der Waals surface area contributed by atoms with Gasteiger partial charge in [-0.3, -0.25) is 0 Å². The highest BCUT2D eigenvalue weighted by molar-refractivity contribution is 7.90. The highest BCUT2D eigenvalue weighted by Gasteiger charge is 2.42. The van der Waals surface area contributed by atoms with Gasteiger partial charge in [-0.05, 0) is 6.92 Å². The molecule has 9 heteroatoms. The molecule has 0 fully saturated rings. The number of aromatic nitrogens is 2. The van der Waals surface area contributed by atoms with Gasteiger partial charge in [-0.15, -0.1) is 0 Å². The third-order valence-corrected chi connectivity index (χ3v) is 4.57. The molecule has 0 aliphatic carbocycles. The normalized spacial score (nSPS) is 14.9. The number of carboxylic acids is 1. The van der Waals surface area contributed by atoms with Crippen molar-refractivity contribution in [1.82, 2.24) is 13.9 Å². The van der Waals surface area contributed by atoms with Crippen molar-refractivity contribution < 1.29 is 18.3 Å². The first-order valence-corrected chi connectivity index (χ1v) is 7.27. The van der Waals surface area contributed by atoms with E-state index >= 15 is 0 Å². The quantitative estimate of drug-likeness (QED) is 0.682. The Bertz CT molecular complexity index is 602. The third kappa shape index (κ3) is 3.06. The maximum atomic E-state index is 12.0. The Balaban J connectivity index is 3.58. The molecule has 106 valence electrons. The summed E-state index contributed by atoms with van der Waals surface area (Å²) in [4.78, 5) is 19.0. The zero-order valence-electron chi connectivity index (χ0n) is 11.0. The van der Waals surface area contributed by atoms with E-state index in [0.717, 1.165) is 6.26 Å². The summed E-state index contributed by atoms with van der Waals surface area (Å²) in [6.45, 7) is 0.984. The summed E-state index contributed by atoms with van der Waals surface area (Å²) in [5, 5.41) is 8.95. The molecule has 19 heavy (non-hydrogen) atoms. The molecule has 1 heterocycles. The van der Waals surface area contributed by atoms with Gasteiger partial charge in [0, 0.05) is 12.7 Å². The van der Waals surface area contributed by atoms with Crippen LogP contribution in [0.2, 0.25) is 0 Å². The van der Waals surface area contributed by atoms with E-state index in [9.17, 15) is 13.2 Å². The zero-order valence-corrected chi connectivity index (χ0v) is 11.8. The summed E-state index contributed by atoms with van der Waals surface area (Å²) < 4.78 is 23.1. The highest BCUT2D eigenvalue weighted by Crippen LogP contribution is 2.26. The van der Waals surface area contributed by atoms with E-state index in [0.29, 0.717) is 11.4 Å². The maximum Gasteiger partial charge on any atom is 0.361 e. The molecule has 1 rings (SSSR count). The van der Waals surface area contributed by atoms with Crippen LogP contribution >= 0.6 is 0 Å². The topological polar surface area (TPSA) is 123 Å². The molecule has 0 aliphatic rings. The van der Waals surface area contributed by atoms with Crippen molar-refractivity contribution in [2.75, 3.05) is 19.8 Å². The van der Waals surface area contributed by atoms with Crippen molar-refractivity contribution in [1.29, 1.82) is 0 Å². The summed E-state index contributed by atoms with van der Waals surface area (Å²) in [6.07, 6.45) is 2.38. The van der Waals surface area contributed by atoms with Gasteiger partial charge < -0.3 is 10.8 Å². The van der Waals surface area contributed by atoms with Gasteiger partial charge in [0.05, 0.1) is 18.9 Å². The van der Waals surface area contributed by atoms with E-state index in [2.05, 4.69) is 9.97 Å². The number of hydrogen-bond donors (Lipinski definition) is 2. The van der Waals surface area contributed by atoms with Crippen molar-refractivity contribution in [2.24, 2.45) is 5.73 Å². The Kier molecular flexibility index (Phi) is 4.23. The van der Waals surface area contributed by atoms with Gasteiger partial charge >= 0.3 is 5.97 Å². The van der Waals surface area contributed by atoms with Crippen LogP contribution in [0.5, 0.6) is 0 Å². The van der Waals surface area contributed by atoms with Gasteiger partial charge in [-0.1, -0.05) is 0 Å². The second-order valence-corrected chi connectivity index (χ2v) is 6.63. The first kappa shape index (κ1) is 15.5. The minimum Gasteiger partial charge on any atom is -0.477 e. The molecule has 0 saturated carbocycles. The van der Waals surface area contributed by atoms with E-state index in [1.165, 1.54) is 13.2 Å². The number of carboxylic acid groups (broad SMARTS) is 1. The summed E-state index contributed by atoms with van der Waals surface area (Å²) in [6, 6.07) is 0. The minimum atomic E-state index is -3.75. The molecule has 0 saturated heterocycles. The molecule has 0 amide bonds. The monoisotopic (exact) mass is 289 g/mol. The molecular formula is C10H17N4O4S+. The number of likely N-dealkylation sites (N-methyl/N-ethyl adjacent to an activating group) is 1. The van der Waals surface area contributed by atoms with Crippen LogP contribution in [0.4, 0.5) is 5.82 Å². The Morgan fingerprint density at radius 1 is 1.53 bits per heavy atom. The number of nitrogens with zero attached hydrogens (tertiary/aromatic N) is 3. The van der Waals surface area contributed by atoms with Crippen molar-refractivity contribution in [3.8, 4) is 0 Å². The SMILES string of the molecule is Cc1ncc(CN)c([N+](C)(CC(=O)O)S(C)(=O)=O)n1. The Morgan fingerprint density at radius 2 is 2.11 bits per heavy atom.